The van der Waals surface area contributed by atoms with E-state index in [1.54, 1.807) is 11.3 Å². The van der Waals surface area contributed by atoms with Gasteiger partial charge in [-0.15, -0.1) is 11.3 Å². The fraction of sp³-hybridized carbons (Fsp3) is 0.750. The van der Waals surface area contributed by atoms with Gasteiger partial charge in [-0.3, -0.25) is 4.21 Å². The number of thiazole rings is 1. The molecule has 98 valence electrons. The van der Waals surface area contributed by atoms with Crippen LogP contribution in [0.5, 0.6) is 0 Å². The third-order valence-electron chi connectivity index (χ3n) is 2.48. The van der Waals surface area contributed by atoms with E-state index in [2.05, 4.69) is 31.1 Å². The van der Waals surface area contributed by atoms with Crippen LogP contribution >= 0.6 is 11.3 Å². The molecule has 0 aliphatic carbocycles. The summed E-state index contributed by atoms with van der Waals surface area (Å²) in [5.74, 6) is 1.55. The van der Waals surface area contributed by atoms with Gasteiger partial charge in [0.15, 0.2) is 0 Å². The van der Waals surface area contributed by atoms with Gasteiger partial charge in [0.1, 0.15) is 5.01 Å². The van der Waals surface area contributed by atoms with Gasteiger partial charge in [-0.05, 0) is 12.5 Å². The zero-order valence-electron chi connectivity index (χ0n) is 11.0. The lowest BCUT2D eigenvalue weighted by atomic mass is 9.93. The number of aromatic nitrogens is 1. The number of rotatable bonds is 5. The van der Waals surface area contributed by atoms with Crippen LogP contribution in [0.25, 0.3) is 0 Å². The van der Waals surface area contributed by atoms with Crippen LogP contribution in [-0.4, -0.2) is 21.5 Å². The molecule has 2 unspecified atom stereocenters. The lowest BCUT2D eigenvalue weighted by Crippen LogP contribution is -2.18. The highest BCUT2D eigenvalue weighted by Crippen LogP contribution is 2.24. The Morgan fingerprint density at radius 1 is 1.53 bits per heavy atom. The highest BCUT2D eigenvalue weighted by Gasteiger charge is 2.18. The molecule has 1 aromatic heterocycles. The molecule has 17 heavy (non-hydrogen) atoms. The number of nitrogens with two attached hydrogens (primary N) is 1. The molecule has 2 N–H and O–H groups in total. The van der Waals surface area contributed by atoms with E-state index in [-0.39, 0.29) is 5.41 Å². The zero-order valence-corrected chi connectivity index (χ0v) is 12.7. The Bertz CT molecular complexity index is 382. The average Bonchev–Trinajstić information content (AvgIpc) is 2.65. The van der Waals surface area contributed by atoms with Crippen LogP contribution in [0.15, 0.2) is 5.38 Å². The molecule has 5 heteroatoms. The van der Waals surface area contributed by atoms with Crippen LogP contribution in [0.2, 0.25) is 0 Å². The van der Waals surface area contributed by atoms with Crippen molar-refractivity contribution in [2.24, 2.45) is 11.7 Å². The molecule has 1 aromatic rings. The maximum absolute atomic E-state index is 11.9. The number of hydrogen-bond donors (Lipinski definition) is 1. The Labute approximate surface area is 110 Å². The van der Waals surface area contributed by atoms with Gasteiger partial charge < -0.3 is 5.73 Å². The summed E-state index contributed by atoms with van der Waals surface area (Å²) in [7, 11) is -0.847. The van der Waals surface area contributed by atoms with Crippen LogP contribution in [0, 0.1) is 5.92 Å². The third kappa shape index (κ3) is 4.85. The number of nitrogens with zero attached hydrogens (tertiary/aromatic N) is 1. The lowest BCUT2D eigenvalue weighted by Gasteiger charge is -2.14. The van der Waals surface area contributed by atoms with Gasteiger partial charge in [-0.25, -0.2) is 4.98 Å². The molecule has 1 heterocycles. The van der Waals surface area contributed by atoms with E-state index in [4.69, 9.17) is 5.73 Å². The molecule has 1 rings (SSSR count). The maximum atomic E-state index is 11.9. The molecule has 0 saturated carbocycles. The summed E-state index contributed by atoms with van der Waals surface area (Å²) < 4.78 is 11.9. The fourth-order valence-electron chi connectivity index (χ4n) is 1.30. The first-order chi connectivity index (χ1) is 7.82. The number of hydrogen-bond acceptors (Lipinski definition) is 4. The summed E-state index contributed by atoms with van der Waals surface area (Å²) >= 11 is 1.60. The van der Waals surface area contributed by atoms with Crippen molar-refractivity contribution in [3.63, 3.8) is 0 Å². The maximum Gasteiger partial charge on any atom is 0.105 e. The molecule has 0 fully saturated rings. The molecule has 0 spiro atoms. The summed E-state index contributed by atoms with van der Waals surface area (Å²) in [5, 5.41) is 3.04. The Balaban J connectivity index is 2.58. The van der Waals surface area contributed by atoms with Crippen LogP contribution in [0.1, 0.15) is 38.4 Å². The van der Waals surface area contributed by atoms with Crippen molar-refractivity contribution in [2.45, 2.75) is 38.9 Å². The van der Waals surface area contributed by atoms with Gasteiger partial charge in [0.25, 0.3) is 0 Å². The third-order valence-corrected chi connectivity index (χ3v) is 5.05. The molecule has 0 bridgehead atoms. The Morgan fingerprint density at radius 2 is 2.18 bits per heavy atom. The molecule has 0 radical (unpaired) electrons. The van der Waals surface area contributed by atoms with Crippen LogP contribution in [0.3, 0.4) is 0 Å². The van der Waals surface area contributed by atoms with E-state index in [9.17, 15) is 4.21 Å². The quantitative estimate of drug-likeness (QED) is 0.896. The molecule has 0 amide bonds. The SMILES string of the molecule is CC(CN)CS(=O)Cc1nc(C(C)(C)C)cs1. The van der Waals surface area contributed by atoms with Gasteiger partial charge >= 0.3 is 0 Å². The van der Waals surface area contributed by atoms with Crippen molar-refractivity contribution in [2.75, 3.05) is 12.3 Å². The minimum Gasteiger partial charge on any atom is -0.330 e. The van der Waals surface area contributed by atoms with Crippen LogP contribution < -0.4 is 5.73 Å². The second kappa shape index (κ2) is 6.07. The van der Waals surface area contributed by atoms with Gasteiger partial charge in [-0.1, -0.05) is 27.7 Å². The average molecular weight is 274 g/mol. The Morgan fingerprint density at radius 3 is 2.65 bits per heavy atom. The Kier molecular flexibility index (Phi) is 5.28. The summed E-state index contributed by atoms with van der Waals surface area (Å²) in [6.45, 7) is 9.04. The van der Waals surface area contributed by atoms with Crippen molar-refractivity contribution < 1.29 is 4.21 Å². The van der Waals surface area contributed by atoms with Crippen LogP contribution in [-0.2, 0) is 22.0 Å². The smallest absolute Gasteiger partial charge is 0.105 e. The predicted molar refractivity (Wildman–Crippen MR) is 75.7 cm³/mol. The van der Waals surface area contributed by atoms with E-state index >= 15 is 0 Å². The second-order valence-corrected chi connectivity index (χ2v) is 7.91. The predicted octanol–water partition coefficient (Wildman–Crippen LogP) is 2.28. The van der Waals surface area contributed by atoms with E-state index in [0.29, 0.717) is 24.0 Å². The van der Waals surface area contributed by atoms with Gasteiger partial charge in [0.05, 0.1) is 11.4 Å². The molecule has 0 aliphatic rings. The van der Waals surface area contributed by atoms with Crippen molar-refractivity contribution in [1.29, 1.82) is 0 Å². The lowest BCUT2D eigenvalue weighted by molar-refractivity contribution is 0.571. The van der Waals surface area contributed by atoms with Crippen molar-refractivity contribution in [3.8, 4) is 0 Å². The van der Waals surface area contributed by atoms with E-state index in [1.807, 2.05) is 6.92 Å². The van der Waals surface area contributed by atoms with Crippen molar-refractivity contribution >= 4 is 22.1 Å². The highest BCUT2D eigenvalue weighted by molar-refractivity contribution is 7.84. The van der Waals surface area contributed by atoms with Crippen LogP contribution in [0.4, 0.5) is 0 Å². The molecule has 0 saturated heterocycles. The van der Waals surface area contributed by atoms with E-state index in [0.717, 1.165) is 10.7 Å². The van der Waals surface area contributed by atoms with Crippen molar-refractivity contribution in [1.82, 2.24) is 4.98 Å². The van der Waals surface area contributed by atoms with E-state index in [1.165, 1.54) is 0 Å². The minimum atomic E-state index is -0.847. The van der Waals surface area contributed by atoms with Crippen molar-refractivity contribution in [3.05, 3.63) is 16.1 Å². The standard InChI is InChI=1S/C12H22N2OS2/c1-9(5-13)7-17(15)8-11-14-10(6-16-11)12(2,3)4/h6,9H,5,7-8,13H2,1-4H3. The summed E-state index contributed by atoms with van der Waals surface area (Å²) in [5.41, 5.74) is 6.68. The second-order valence-electron chi connectivity index (χ2n) is 5.47. The summed E-state index contributed by atoms with van der Waals surface area (Å²) in [6, 6.07) is 0. The van der Waals surface area contributed by atoms with Gasteiger partial charge in [0, 0.05) is 27.3 Å². The Hall–Kier alpha value is -0.260. The first-order valence-electron chi connectivity index (χ1n) is 5.83. The first-order valence-corrected chi connectivity index (χ1v) is 8.19. The molecular weight excluding hydrogens is 252 g/mol. The first kappa shape index (κ1) is 14.8. The molecular formula is C12H22N2OS2. The minimum absolute atomic E-state index is 0.0702. The topological polar surface area (TPSA) is 56.0 Å². The zero-order chi connectivity index (χ0) is 13.1. The highest BCUT2D eigenvalue weighted by atomic mass is 32.2. The van der Waals surface area contributed by atoms with Gasteiger partial charge in [0.2, 0.25) is 0 Å². The molecule has 0 aliphatic heterocycles. The fourth-order valence-corrected chi connectivity index (χ4v) is 4.00. The van der Waals surface area contributed by atoms with E-state index < -0.39 is 10.8 Å². The molecule has 3 nitrogen and oxygen atoms in total. The molecule has 0 aromatic carbocycles. The monoisotopic (exact) mass is 274 g/mol. The normalized spacial score (nSPS) is 15.8. The largest absolute Gasteiger partial charge is 0.330 e. The summed E-state index contributed by atoms with van der Waals surface area (Å²) in [6.07, 6.45) is 0. The van der Waals surface area contributed by atoms with Gasteiger partial charge in [-0.2, -0.15) is 0 Å². The molecule has 2 atom stereocenters. The summed E-state index contributed by atoms with van der Waals surface area (Å²) in [4.78, 5) is 4.55.